The van der Waals surface area contributed by atoms with E-state index in [2.05, 4.69) is 19.7 Å². The first kappa shape index (κ1) is 33.0. The molecule has 0 saturated carbocycles. The van der Waals surface area contributed by atoms with Crippen LogP contribution < -0.4 is 9.79 Å². The average molecular weight is 664 g/mol. The Bertz CT molecular complexity index is 1810. The second-order valence-electron chi connectivity index (χ2n) is 7.87. The highest BCUT2D eigenvalue weighted by atomic mass is 35.5. The Balaban J connectivity index is 0.000000230. The molecule has 0 amide bonds. The van der Waals surface area contributed by atoms with E-state index in [0.29, 0.717) is 0 Å². The van der Waals surface area contributed by atoms with E-state index < -0.39 is 31.7 Å². The van der Waals surface area contributed by atoms with Crippen LogP contribution in [0.2, 0.25) is 10.0 Å². The molecule has 0 unspecified atom stereocenters. The molecule has 2 aromatic carbocycles. The minimum Gasteiger partial charge on any atom is -0.363 e. The molecule has 0 saturated heterocycles. The summed E-state index contributed by atoms with van der Waals surface area (Å²) in [5, 5.41) is 10.7. The maximum Gasteiger partial charge on any atom is 0.284 e. The summed E-state index contributed by atoms with van der Waals surface area (Å²) in [6.45, 7) is -0.227. The smallest absolute Gasteiger partial charge is 0.284 e. The van der Waals surface area contributed by atoms with Gasteiger partial charge in [0.05, 0.1) is 19.8 Å². The van der Waals surface area contributed by atoms with E-state index in [1.54, 1.807) is 0 Å². The van der Waals surface area contributed by atoms with E-state index in [0.717, 1.165) is 40.7 Å². The second kappa shape index (κ2) is 14.6. The van der Waals surface area contributed by atoms with E-state index in [1.807, 2.05) is 0 Å². The van der Waals surface area contributed by atoms with Crippen molar-refractivity contribution >= 4 is 49.1 Å². The Labute approximate surface area is 249 Å². The van der Waals surface area contributed by atoms with E-state index in [4.69, 9.17) is 32.7 Å². The molecule has 224 valence electrons. The average Bonchev–Trinajstić information content (AvgIpc) is 2.96. The van der Waals surface area contributed by atoms with Gasteiger partial charge in [0.1, 0.15) is 25.1 Å². The lowest BCUT2D eigenvalue weighted by Gasteiger charge is -2.21. The van der Waals surface area contributed by atoms with Gasteiger partial charge >= 0.3 is 0 Å². The number of anilines is 1. The van der Waals surface area contributed by atoms with Gasteiger partial charge in [0.2, 0.25) is 0 Å². The van der Waals surface area contributed by atoms with E-state index in [1.165, 1.54) is 55.6 Å². The van der Waals surface area contributed by atoms with E-state index in [-0.39, 0.29) is 44.6 Å². The van der Waals surface area contributed by atoms with Crippen LogP contribution in [0.1, 0.15) is 0 Å². The molecule has 0 spiro atoms. The zero-order valence-electron chi connectivity index (χ0n) is 21.8. The fraction of sp³-hybridized carbons (Fsp3) is 0.167. The summed E-state index contributed by atoms with van der Waals surface area (Å²) in [6, 6.07) is 12.2. The Morgan fingerprint density at radius 3 is 2.07 bits per heavy atom. The Morgan fingerprint density at radius 1 is 0.881 bits per heavy atom. The van der Waals surface area contributed by atoms with Crippen molar-refractivity contribution in [2.75, 3.05) is 25.3 Å². The van der Waals surface area contributed by atoms with Crippen molar-refractivity contribution < 1.29 is 35.1 Å². The van der Waals surface area contributed by atoms with Gasteiger partial charge in [-0.05, 0) is 60.7 Å². The van der Waals surface area contributed by atoms with Crippen molar-refractivity contribution in [1.82, 2.24) is 20.0 Å². The summed E-state index contributed by atoms with van der Waals surface area (Å²) in [5.41, 5.74) is 0.0831. The van der Waals surface area contributed by atoms with Crippen molar-refractivity contribution in [1.29, 1.82) is 0 Å². The number of nitrogens with zero attached hydrogens (tertiary/aromatic N) is 6. The van der Waals surface area contributed by atoms with Gasteiger partial charge in [-0.15, -0.1) is 9.50 Å². The second-order valence-corrected chi connectivity index (χ2v) is 12.2. The zero-order chi connectivity index (χ0) is 30.9. The van der Waals surface area contributed by atoms with Gasteiger partial charge in [-0.2, -0.15) is 18.6 Å². The first-order valence-corrected chi connectivity index (χ1v) is 15.1. The lowest BCUT2D eigenvalue weighted by Crippen LogP contribution is -2.33. The number of hydrogen-bond donors (Lipinski definition) is 0. The van der Waals surface area contributed by atoms with Gasteiger partial charge in [-0.1, -0.05) is 23.2 Å². The number of rotatable bonds is 9. The predicted molar refractivity (Wildman–Crippen MR) is 148 cm³/mol. The summed E-state index contributed by atoms with van der Waals surface area (Å²) >= 11 is 11.2. The maximum atomic E-state index is 13.2. The molecule has 18 heteroatoms. The van der Waals surface area contributed by atoms with Gasteiger partial charge in [0, 0.05) is 26.6 Å². The van der Waals surface area contributed by atoms with Crippen LogP contribution in [0.25, 0.3) is 0 Å². The number of aromatic nitrogens is 4. The lowest BCUT2D eigenvalue weighted by molar-refractivity contribution is 0.115. The van der Waals surface area contributed by atoms with Crippen LogP contribution in [-0.2, 0) is 36.3 Å². The third-order valence-electron chi connectivity index (χ3n) is 5.00. The molecule has 0 atom stereocenters. The largest absolute Gasteiger partial charge is 0.363 e. The molecule has 42 heavy (non-hydrogen) atoms. The topological polar surface area (TPSA) is 146 Å². The Kier molecular flexibility index (Phi) is 11.4. The summed E-state index contributed by atoms with van der Waals surface area (Å²) in [5.74, 6) is -1.32. The highest BCUT2D eigenvalue weighted by molar-refractivity contribution is 7.92. The van der Waals surface area contributed by atoms with E-state index in [9.17, 15) is 25.6 Å². The minimum absolute atomic E-state index is 0.0410. The molecule has 12 nitrogen and oxygen atoms in total. The molecule has 2 aromatic heterocycles. The highest BCUT2D eigenvalue weighted by Gasteiger charge is 2.27. The highest BCUT2D eigenvalue weighted by Crippen LogP contribution is 2.25. The Hall–Kier alpha value is -3.54. The first-order valence-electron chi connectivity index (χ1n) is 11.4. The van der Waals surface area contributed by atoms with Crippen LogP contribution in [0.5, 0.6) is 0 Å². The van der Waals surface area contributed by atoms with Crippen LogP contribution >= 0.6 is 23.2 Å². The summed E-state index contributed by atoms with van der Waals surface area (Å²) in [6.07, 6.45) is 2.88. The third kappa shape index (κ3) is 8.27. The van der Waals surface area contributed by atoms with Crippen molar-refractivity contribution in [3.05, 3.63) is 100 Å². The number of sulfonamides is 2. The molecule has 4 rings (SSSR count). The molecule has 0 aliphatic heterocycles. The monoisotopic (exact) mass is 662 g/mol. The zero-order valence-corrected chi connectivity index (χ0v) is 24.9. The number of benzene rings is 2. The van der Waals surface area contributed by atoms with Gasteiger partial charge in [0.15, 0.2) is 11.3 Å². The molecule has 0 aliphatic rings. The first-order chi connectivity index (χ1) is 19.9. The summed E-state index contributed by atoms with van der Waals surface area (Å²) in [7, 11) is -5.25. The third-order valence-corrected chi connectivity index (χ3v) is 8.57. The number of methoxy groups -OCH3 is 2. The van der Waals surface area contributed by atoms with Crippen LogP contribution in [0.4, 0.5) is 14.6 Å². The van der Waals surface area contributed by atoms with Crippen molar-refractivity contribution in [2.45, 2.75) is 16.5 Å². The van der Waals surface area contributed by atoms with Crippen molar-refractivity contribution in [2.24, 2.45) is 4.40 Å². The lowest BCUT2D eigenvalue weighted by atomic mass is 10.3. The quantitative estimate of drug-likeness (QED) is 0.245. The molecule has 0 radical (unpaired) electrons. The molecule has 0 N–H and O–H groups in total. The molecule has 0 aliphatic carbocycles. The van der Waals surface area contributed by atoms with Gasteiger partial charge in [0.25, 0.3) is 20.0 Å². The molecule has 0 bridgehead atoms. The summed E-state index contributed by atoms with van der Waals surface area (Å²) < 4.78 is 91.4. The number of halogens is 4. The fourth-order valence-electron chi connectivity index (χ4n) is 3.07. The summed E-state index contributed by atoms with van der Waals surface area (Å²) in [4.78, 5) is -0.377. The van der Waals surface area contributed by atoms with Crippen LogP contribution in [0.15, 0.2) is 87.2 Å². The van der Waals surface area contributed by atoms with Gasteiger partial charge < -0.3 is 9.47 Å². The van der Waals surface area contributed by atoms with Crippen LogP contribution in [0, 0.1) is 11.6 Å². The number of ether oxygens (including phenoxy) is 2. The van der Waals surface area contributed by atoms with Crippen LogP contribution in [-0.4, -0.2) is 57.8 Å². The fourth-order valence-corrected chi connectivity index (χ4v) is 5.93. The van der Waals surface area contributed by atoms with Gasteiger partial charge in [-0.3, -0.25) is 0 Å². The van der Waals surface area contributed by atoms with Crippen molar-refractivity contribution in [3.8, 4) is 0 Å². The van der Waals surface area contributed by atoms with Crippen LogP contribution in [0.3, 0.4) is 0 Å². The molecular weight excluding hydrogens is 641 g/mol. The SMILES string of the molecule is COCN(c1cccnn1)S(=O)(=O)c1ccc(F)c(Cl)c1.COCn1ncccc1=NS(=O)(=O)c1ccc(F)c(Cl)c1. The molecule has 0 fully saturated rings. The maximum absolute atomic E-state index is 13.2. The normalized spacial score (nSPS) is 12.0. The predicted octanol–water partition coefficient (Wildman–Crippen LogP) is 3.64. The molecule has 4 aromatic rings. The van der Waals surface area contributed by atoms with Crippen molar-refractivity contribution in [3.63, 3.8) is 0 Å². The van der Waals surface area contributed by atoms with E-state index >= 15 is 0 Å². The Morgan fingerprint density at radius 2 is 1.50 bits per heavy atom. The minimum atomic E-state index is -4.04. The van der Waals surface area contributed by atoms with Gasteiger partial charge in [-0.25, -0.2) is 26.2 Å². The standard InChI is InChI=1S/2C12H11ClFN3O3S/c1-20-8-17-12(3-2-6-15-17)16-21(18,19)9-4-5-11(14)10(13)7-9;1-20-8-17(12-3-2-6-15-16-12)21(18,19)9-4-5-11(14)10(13)7-9/h2*2-7H,8H2,1H3. The molecular formula is C24H22Cl2F2N6O6S2. The number of hydrogen-bond acceptors (Lipinski definition) is 9. The molecule has 2 heterocycles.